The van der Waals surface area contributed by atoms with Crippen molar-refractivity contribution in [2.45, 2.75) is 12.2 Å². The molecule has 0 aromatic heterocycles. The molecule has 1 amide bonds. The summed E-state index contributed by atoms with van der Waals surface area (Å²) < 4.78 is 16.2. The van der Waals surface area contributed by atoms with Crippen molar-refractivity contribution in [2.75, 3.05) is 31.8 Å². The summed E-state index contributed by atoms with van der Waals surface area (Å²) in [5.41, 5.74) is 0.722. The number of carbonyl (C=O) groups excluding carboxylic acids is 1. The molecule has 2 N–H and O–H groups in total. The van der Waals surface area contributed by atoms with Crippen molar-refractivity contribution in [1.29, 1.82) is 0 Å². The maximum Gasteiger partial charge on any atom is 0.238 e. The number of benzene rings is 1. The second-order valence-electron chi connectivity index (χ2n) is 4.22. The Morgan fingerprint density at radius 1 is 1.37 bits per heavy atom. The zero-order chi connectivity index (χ0) is 14.3. The Morgan fingerprint density at radius 3 is 2.53 bits per heavy atom. The van der Waals surface area contributed by atoms with Gasteiger partial charge in [0.05, 0.1) is 13.7 Å². The van der Waals surface area contributed by atoms with Crippen LogP contribution in [-0.4, -0.2) is 41.8 Å². The average molecular weight is 284 g/mol. The molecule has 0 fully saturated rings. The van der Waals surface area contributed by atoms with Gasteiger partial charge in [-0.3, -0.25) is 9.00 Å². The number of rotatable bonds is 7. The van der Waals surface area contributed by atoms with Gasteiger partial charge in [-0.1, -0.05) is 0 Å². The largest absolute Gasteiger partial charge is 0.497 e. The van der Waals surface area contributed by atoms with Crippen LogP contribution in [0.4, 0.5) is 5.69 Å². The summed E-state index contributed by atoms with van der Waals surface area (Å²) in [6, 6.07) is 7.12. The van der Waals surface area contributed by atoms with E-state index in [0.29, 0.717) is 6.54 Å². The van der Waals surface area contributed by atoms with Gasteiger partial charge in [-0.2, -0.15) is 0 Å². The normalized spacial score (nSPS) is 13.6. The molecule has 1 rings (SSSR count). The van der Waals surface area contributed by atoms with Crippen LogP contribution in [0.5, 0.6) is 5.75 Å². The van der Waals surface area contributed by atoms with E-state index in [2.05, 4.69) is 10.6 Å². The van der Waals surface area contributed by atoms with Crippen molar-refractivity contribution in [2.24, 2.45) is 0 Å². The van der Waals surface area contributed by atoms with E-state index in [9.17, 15) is 9.00 Å². The van der Waals surface area contributed by atoms with Gasteiger partial charge in [0.15, 0.2) is 0 Å². The predicted molar refractivity (Wildman–Crippen MR) is 78.0 cm³/mol. The van der Waals surface area contributed by atoms with E-state index in [-0.39, 0.29) is 17.7 Å². The second-order valence-corrected chi connectivity index (χ2v) is 6.02. The molecular formula is C13H20N2O3S. The second kappa shape index (κ2) is 7.91. The maximum atomic E-state index is 11.6. The number of nitrogens with one attached hydrogen (secondary N) is 2. The summed E-state index contributed by atoms with van der Waals surface area (Å²) in [4.78, 5) is 11.6. The monoisotopic (exact) mass is 284 g/mol. The molecule has 1 aromatic rings. The van der Waals surface area contributed by atoms with Crippen LogP contribution < -0.4 is 15.4 Å². The summed E-state index contributed by atoms with van der Waals surface area (Å²) >= 11 is 0. The molecule has 2 atom stereocenters. The highest BCUT2D eigenvalue weighted by molar-refractivity contribution is 7.84. The number of ether oxygens (including phenoxy) is 1. The molecule has 106 valence electrons. The third-order valence-electron chi connectivity index (χ3n) is 2.66. The van der Waals surface area contributed by atoms with Crippen LogP contribution in [0.1, 0.15) is 6.92 Å². The van der Waals surface area contributed by atoms with Crippen LogP contribution in [0, 0.1) is 0 Å². The summed E-state index contributed by atoms with van der Waals surface area (Å²) in [5.74, 6) is 0.620. The molecule has 6 heteroatoms. The van der Waals surface area contributed by atoms with Gasteiger partial charge in [0, 0.05) is 34.5 Å². The lowest BCUT2D eigenvalue weighted by Crippen LogP contribution is -2.34. The van der Waals surface area contributed by atoms with E-state index in [0.717, 1.165) is 11.4 Å². The van der Waals surface area contributed by atoms with E-state index in [1.165, 1.54) is 0 Å². The first kappa shape index (κ1) is 15.7. The molecule has 1 aromatic carbocycles. The van der Waals surface area contributed by atoms with Gasteiger partial charge in [-0.15, -0.1) is 0 Å². The Morgan fingerprint density at radius 2 is 2.00 bits per heavy atom. The van der Waals surface area contributed by atoms with Crippen LogP contribution in [0.3, 0.4) is 0 Å². The van der Waals surface area contributed by atoms with Gasteiger partial charge < -0.3 is 15.4 Å². The molecular weight excluding hydrogens is 264 g/mol. The molecule has 0 saturated carbocycles. The fourth-order valence-electron chi connectivity index (χ4n) is 1.39. The number of hydrogen-bond acceptors (Lipinski definition) is 4. The SMILES string of the molecule is COc1ccc(NC(=O)CNCC(C)S(C)=O)cc1. The molecule has 5 nitrogen and oxygen atoms in total. The minimum Gasteiger partial charge on any atom is -0.497 e. The Balaban J connectivity index is 2.32. The minimum atomic E-state index is -0.875. The van der Waals surface area contributed by atoms with Crippen molar-refractivity contribution >= 4 is 22.4 Å². The van der Waals surface area contributed by atoms with E-state index in [1.54, 1.807) is 37.6 Å². The predicted octanol–water partition coefficient (Wildman–Crippen LogP) is 0.990. The first-order chi connectivity index (χ1) is 9.02. The lowest BCUT2D eigenvalue weighted by molar-refractivity contribution is -0.115. The fourth-order valence-corrected chi connectivity index (χ4v) is 1.74. The summed E-state index contributed by atoms with van der Waals surface area (Å²) in [6.07, 6.45) is 1.66. The maximum absolute atomic E-state index is 11.6. The molecule has 0 bridgehead atoms. The molecule has 0 saturated heterocycles. The van der Waals surface area contributed by atoms with Gasteiger partial charge >= 0.3 is 0 Å². The standard InChI is InChI=1S/C13H20N2O3S/c1-10(19(3)17)8-14-9-13(16)15-11-4-6-12(18-2)7-5-11/h4-7,10,14H,8-9H2,1-3H3,(H,15,16). The van der Waals surface area contributed by atoms with Crippen LogP contribution in [0.2, 0.25) is 0 Å². The quantitative estimate of drug-likeness (QED) is 0.783. The molecule has 2 unspecified atom stereocenters. The smallest absolute Gasteiger partial charge is 0.238 e. The topological polar surface area (TPSA) is 67.4 Å². The molecule has 0 aliphatic heterocycles. The number of methoxy groups -OCH3 is 1. The number of carbonyl (C=O) groups is 1. The minimum absolute atomic E-state index is 0.0359. The Hall–Kier alpha value is -1.40. The van der Waals surface area contributed by atoms with Gasteiger partial charge in [0.2, 0.25) is 5.91 Å². The Kier molecular flexibility index (Phi) is 6.52. The zero-order valence-electron chi connectivity index (χ0n) is 11.4. The molecule has 19 heavy (non-hydrogen) atoms. The highest BCUT2D eigenvalue weighted by Gasteiger charge is 2.07. The van der Waals surface area contributed by atoms with Crippen molar-refractivity contribution in [3.63, 3.8) is 0 Å². The lowest BCUT2D eigenvalue weighted by Gasteiger charge is -2.10. The van der Waals surface area contributed by atoms with Crippen LogP contribution >= 0.6 is 0 Å². The van der Waals surface area contributed by atoms with E-state index >= 15 is 0 Å². The molecule has 0 aliphatic carbocycles. The van der Waals surface area contributed by atoms with Crippen molar-refractivity contribution in [3.8, 4) is 5.75 Å². The van der Waals surface area contributed by atoms with Gasteiger partial charge in [-0.05, 0) is 31.2 Å². The Bertz CT molecular complexity index is 434. The first-order valence-corrected chi connectivity index (χ1v) is 7.62. The van der Waals surface area contributed by atoms with Gasteiger partial charge in [-0.25, -0.2) is 0 Å². The number of hydrogen-bond donors (Lipinski definition) is 2. The summed E-state index contributed by atoms with van der Waals surface area (Å²) in [6.45, 7) is 2.64. The molecule has 0 spiro atoms. The van der Waals surface area contributed by atoms with Gasteiger partial charge in [0.25, 0.3) is 0 Å². The molecule has 0 radical (unpaired) electrons. The van der Waals surface area contributed by atoms with E-state index in [4.69, 9.17) is 4.74 Å². The molecule has 0 heterocycles. The lowest BCUT2D eigenvalue weighted by atomic mass is 10.3. The van der Waals surface area contributed by atoms with Crippen molar-refractivity contribution in [3.05, 3.63) is 24.3 Å². The van der Waals surface area contributed by atoms with Crippen LogP contribution in [0.25, 0.3) is 0 Å². The number of amides is 1. The zero-order valence-corrected chi connectivity index (χ0v) is 12.3. The summed E-state index contributed by atoms with van der Waals surface area (Å²) in [5, 5.41) is 5.78. The third-order valence-corrected chi connectivity index (χ3v) is 3.96. The third kappa shape index (κ3) is 5.85. The van der Waals surface area contributed by atoms with Crippen LogP contribution in [-0.2, 0) is 15.6 Å². The number of anilines is 1. The van der Waals surface area contributed by atoms with Crippen molar-refractivity contribution < 1.29 is 13.7 Å². The summed E-state index contributed by atoms with van der Waals surface area (Å²) in [7, 11) is 0.719. The first-order valence-electron chi connectivity index (χ1n) is 5.99. The highest BCUT2D eigenvalue weighted by atomic mass is 32.2. The fraction of sp³-hybridized carbons (Fsp3) is 0.462. The van der Waals surface area contributed by atoms with E-state index in [1.807, 2.05) is 6.92 Å². The highest BCUT2D eigenvalue weighted by Crippen LogP contribution is 2.14. The van der Waals surface area contributed by atoms with Gasteiger partial charge in [0.1, 0.15) is 5.75 Å². The Labute approximate surface area is 116 Å². The molecule has 0 aliphatic rings. The van der Waals surface area contributed by atoms with Crippen LogP contribution in [0.15, 0.2) is 24.3 Å². The van der Waals surface area contributed by atoms with E-state index < -0.39 is 10.8 Å². The van der Waals surface area contributed by atoms with Crippen molar-refractivity contribution in [1.82, 2.24) is 5.32 Å². The average Bonchev–Trinajstić information content (AvgIpc) is 2.39.